The normalized spacial score (nSPS) is 17.5. The number of amides is 3. The van der Waals surface area contributed by atoms with Gasteiger partial charge in [0, 0.05) is 24.2 Å². The minimum Gasteiger partial charge on any atom is -0.444 e. The maximum Gasteiger partial charge on any atom is 0.411 e. The van der Waals surface area contributed by atoms with Crippen molar-refractivity contribution in [2.45, 2.75) is 57.4 Å². The van der Waals surface area contributed by atoms with Crippen molar-refractivity contribution in [3.05, 3.63) is 89.0 Å². The van der Waals surface area contributed by atoms with Gasteiger partial charge in [-0.3, -0.25) is 19.5 Å². The van der Waals surface area contributed by atoms with Crippen LogP contribution in [0.1, 0.15) is 54.8 Å². The molecule has 3 unspecified atom stereocenters. The molecular weight excluding hydrogens is 553 g/mol. The molecule has 0 spiro atoms. The number of aliphatic hydroxyl groups excluding tert-OH is 1. The smallest absolute Gasteiger partial charge is 0.411 e. The average Bonchev–Trinajstić information content (AvgIpc) is 3.29. The lowest BCUT2D eigenvalue weighted by Crippen LogP contribution is -2.48. The summed E-state index contributed by atoms with van der Waals surface area (Å²) in [6.07, 6.45) is -0.528. The van der Waals surface area contributed by atoms with Crippen molar-refractivity contribution in [1.29, 1.82) is 0 Å². The summed E-state index contributed by atoms with van der Waals surface area (Å²) in [5.74, 6) is -4.11. The molecule has 12 heteroatoms. The molecule has 1 saturated heterocycles. The molecule has 2 heterocycles. The molecule has 2 aromatic carbocycles. The highest BCUT2D eigenvalue weighted by Gasteiger charge is 2.41. The van der Waals surface area contributed by atoms with E-state index >= 15 is 0 Å². The molecule has 3 aromatic rings. The van der Waals surface area contributed by atoms with Gasteiger partial charge < -0.3 is 20.9 Å². The Morgan fingerprint density at radius 2 is 1.81 bits per heavy atom. The number of carbonyl (C=O) groups is 3. The van der Waals surface area contributed by atoms with Crippen LogP contribution in [0.25, 0.3) is 11.1 Å². The second kappa shape index (κ2) is 12.2. The lowest BCUT2D eigenvalue weighted by atomic mass is 9.94. The predicted octanol–water partition coefficient (Wildman–Crippen LogP) is 4.04. The molecule has 3 atom stereocenters. The van der Waals surface area contributed by atoms with Crippen LogP contribution in [0, 0.1) is 17.5 Å². The second-order valence-electron chi connectivity index (χ2n) is 11.1. The van der Waals surface area contributed by atoms with E-state index in [0.717, 1.165) is 23.1 Å². The Labute approximate surface area is 240 Å². The average molecular weight is 585 g/mol. The molecule has 4 N–H and O–H groups in total. The minimum atomic E-state index is -1.11. The van der Waals surface area contributed by atoms with E-state index in [1.807, 2.05) is 0 Å². The molecule has 0 bridgehead atoms. The number of aromatic nitrogens is 1. The van der Waals surface area contributed by atoms with Crippen LogP contribution in [-0.2, 0) is 16.0 Å². The van der Waals surface area contributed by atoms with Crippen LogP contribution in [-0.4, -0.2) is 57.2 Å². The minimum absolute atomic E-state index is 0.0681. The molecule has 3 amide bonds. The van der Waals surface area contributed by atoms with Crippen molar-refractivity contribution < 1.29 is 37.4 Å². The Morgan fingerprint density at radius 3 is 2.45 bits per heavy atom. The zero-order valence-electron chi connectivity index (χ0n) is 23.2. The number of ether oxygens (including phenoxy) is 1. The van der Waals surface area contributed by atoms with Gasteiger partial charge in [-0.25, -0.2) is 18.0 Å². The Kier molecular flexibility index (Phi) is 8.86. The summed E-state index contributed by atoms with van der Waals surface area (Å²) < 4.78 is 47.8. The Bertz CT molecular complexity index is 1490. The van der Waals surface area contributed by atoms with Gasteiger partial charge in [-0.2, -0.15) is 0 Å². The first-order valence-electron chi connectivity index (χ1n) is 13.2. The van der Waals surface area contributed by atoms with Crippen LogP contribution < -0.4 is 11.1 Å². The number of hydrogen-bond donors (Lipinski definition) is 3. The van der Waals surface area contributed by atoms with Crippen molar-refractivity contribution >= 4 is 17.9 Å². The maximum absolute atomic E-state index is 14.2. The predicted molar refractivity (Wildman–Crippen MR) is 146 cm³/mol. The molecule has 0 saturated carbocycles. The van der Waals surface area contributed by atoms with Crippen molar-refractivity contribution in [2.24, 2.45) is 5.73 Å². The van der Waals surface area contributed by atoms with Crippen molar-refractivity contribution in [3.8, 4) is 11.1 Å². The molecule has 222 valence electrons. The highest BCUT2D eigenvalue weighted by molar-refractivity contribution is 5.94. The van der Waals surface area contributed by atoms with Crippen molar-refractivity contribution in [2.75, 3.05) is 6.54 Å². The Hall–Kier alpha value is -4.45. The van der Waals surface area contributed by atoms with Gasteiger partial charge in [0.05, 0.1) is 29.9 Å². The molecular formula is C30H31F3N4O5. The number of nitrogens with two attached hydrogens (primary N) is 1. The third kappa shape index (κ3) is 7.24. The summed E-state index contributed by atoms with van der Waals surface area (Å²) in [6.45, 7) is 4.88. The number of nitrogens with zero attached hydrogens (tertiary/aromatic N) is 2. The van der Waals surface area contributed by atoms with Gasteiger partial charge in [-0.05, 0) is 68.7 Å². The number of nitrogens with one attached hydrogen (secondary N) is 1. The highest BCUT2D eigenvalue weighted by atomic mass is 19.1. The monoisotopic (exact) mass is 584 g/mol. The highest BCUT2D eigenvalue weighted by Crippen LogP contribution is 2.31. The van der Waals surface area contributed by atoms with Crippen LogP contribution in [0.4, 0.5) is 18.0 Å². The Morgan fingerprint density at radius 1 is 1.12 bits per heavy atom. The quantitative estimate of drug-likeness (QED) is 0.384. The standard InChI is InChI=1S/C30H31F3N4O5/c1-30(2,3)42-29(41)37-15-20(38)14-25(37)28(40)36-24(11-16-9-18(31)13-19(32)10-16)26-21(5-4-8-35-26)17-6-7-23(33)22(12-17)27(34)39/h4-10,12-13,20,24-25,38H,11,14-15H2,1-3H3,(H2,34,39)(H,36,40). The number of carbonyl (C=O) groups excluding carboxylic acids is 3. The fourth-order valence-corrected chi connectivity index (χ4v) is 4.85. The zero-order valence-corrected chi connectivity index (χ0v) is 23.2. The van der Waals surface area contributed by atoms with E-state index < -0.39 is 59.1 Å². The molecule has 1 aromatic heterocycles. The molecule has 0 aliphatic carbocycles. The summed E-state index contributed by atoms with van der Waals surface area (Å²) in [4.78, 5) is 43.8. The van der Waals surface area contributed by atoms with Crippen LogP contribution in [0.2, 0.25) is 0 Å². The van der Waals surface area contributed by atoms with Crippen molar-refractivity contribution in [3.63, 3.8) is 0 Å². The third-order valence-electron chi connectivity index (χ3n) is 6.60. The molecule has 1 fully saturated rings. The summed E-state index contributed by atoms with van der Waals surface area (Å²) in [7, 11) is 0. The van der Waals surface area contributed by atoms with E-state index in [1.54, 1.807) is 32.9 Å². The number of halogens is 3. The largest absolute Gasteiger partial charge is 0.444 e. The van der Waals surface area contributed by atoms with Gasteiger partial charge in [0.25, 0.3) is 5.91 Å². The molecule has 42 heavy (non-hydrogen) atoms. The number of hydrogen-bond acceptors (Lipinski definition) is 6. The number of aliphatic hydroxyl groups is 1. The lowest BCUT2D eigenvalue weighted by Gasteiger charge is -2.29. The number of β-amino-alcohol motifs (C(OH)–C–C–N with tert-alkyl or cyclic N) is 1. The molecule has 0 radical (unpaired) electrons. The molecule has 1 aliphatic heterocycles. The summed E-state index contributed by atoms with van der Waals surface area (Å²) in [5.41, 5.74) is 5.29. The second-order valence-corrected chi connectivity index (χ2v) is 11.1. The summed E-state index contributed by atoms with van der Waals surface area (Å²) >= 11 is 0. The Balaban J connectivity index is 1.74. The van der Waals surface area contributed by atoms with E-state index in [0.29, 0.717) is 17.2 Å². The van der Waals surface area contributed by atoms with Gasteiger partial charge >= 0.3 is 6.09 Å². The van der Waals surface area contributed by atoms with E-state index in [1.165, 1.54) is 18.3 Å². The van der Waals surface area contributed by atoms with Crippen LogP contribution in [0.3, 0.4) is 0 Å². The maximum atomic E-state index is 14.2. The first-order chi connectivity index (χ1) is 19.7. The van der Waals surface area contributed by atoms with Gasteiger partial charge in [0.15, 0.2) is 0 Å². The number of rotatable bonds is 7. The van der Waals surface area contributed by atoms with E-state index in [9.17, 15) is 32.7 Å². The SMILES string of the molecule is CC(C)(C)OC(=O)N1CC(O)CC1C(=O)NC(Cc1cc(F)cc(F)c1)c1ncccc1-c1ccc(F)c(C(N)=O)c1. The van der Waals surface area contributed by atoms with Crippen LogP contribution in [0.5, 0.6) is 0 Å². The fraction of sp³-hybridized carbons (Fsp3) is 0.333. The van der Waals surface area contributed by atoms with E-state index in [4.69, 9.17) is 10.5 Å². The van der Waals surface area contributed by atoms with E-state index in [2.05, 4.69) is 10.3 Å². The van der Waals surface area contributed by atoms with Gasteiger partial charge in [0.2, 0.25) is 5.91 Å². The zero-order chi connectivity index (χ0) is 30.8. The van der Waals surface area contributed by atoms with Gasteiger partial charge in [-0.15, -0.1) is 0 Å². The molecule has 4 rings (SSSR count). The van der Waals surface area contributed by atoms with Crippen LogP contribution in [0.15, 0.2) is 54.7 Å². The topological polar surface area (TPSA) is 135 Å². The molecule has 9 nitrogen and oxygen atoms in total. The summed E-state index contributed by atoms with van der Waals surface area (Å²) in [6, 6.07) is 7.74. The van der Waals surface area contributed by atoms with Gasteiger partial charge in [0.1, 0.15) is 29.1 Å². The first kappa shape index (κ1) is 30.5. The first-order valence-corrected chi connectivity index (χ1v) is 13.2. The number of pyridine rings is 1. The fourth-order valence-electron chi connectivity index (χ4n) is 4.85. The number of benzene rings is 2. The summed E-state index contributed by atoms with van der Waals surface area (Å²) in [5, 5.41) is 13.1. The number of primary amides is 1. The van der Waals surface area contributed by atoms with Crippen LogP contribution >= 0.6 is 0 Å². The lowest BCUT2D eigenvalue weighted by molar-refractivity contribution is -0.126. The third-order valence-corrected chi connectivity index (χ3v) is 6.60. The number of likely N-dealkylation sites (tertiary alicyclic amines) is 1. The molecule has 1 aliphatic rings. The van der Waals surface area contributed by atoms with Gasteiger partial charge in [-0.1, -0.05) is 12.1 Å². The van der Waals surface area contributed by atoms with Crippen molar-refractivity contribution in [1.82, 2.24) is 15.2 Å². The van der Waals surface area contributed by atoms with E-state index in [-0.39, 0.29) is 36.2 Å².